The Bertz CT molecular complexity index is 8.00. The number of hydrogen-bond donors (Lipinski definition) is 0. The molecule has 0 unspecified atom stereocenters. The minimum absolute atomic E-state index is 0. The molecule has 0 amide bonds. The van der Waals surface area contributed by atoms with E-state index < -0.39 is 0 Å². The molecule has 0 spiro atoms. The molecule has 0 aromatic heterocycles. The molecule has 0 N–H and O–H groups in total. The van der Waals surface area contributed by atoms with Crippen molar-refractivity contribution >= 4 is 78.2 Å². The molecule has 4 heavy (non-hydrogen) atoms. The molecule has 0 aliphatic heterocycles. The van der Waals surface area contributed by atoms with Crippen molar-refractivity contribution in [2.75, 3.05) is 0 Å². The zero-order valence-corrected chi connectivity index (χ0v) is 7.27. The van der Waals surface area contributed by atoms with E-state index in [1.54, 1.807) is 0 Å². The average Bonchev–Trinajstić information content (AvgIpc) is 0. The summed E-state index contributed by atoms with van der Waals surface area (Å²) < 4.78 is 0. The maximum Gasteiger partial charge on any atom is 0 e. The Hall–Kier alpha value is 2.56. The fraction of sp³-hybridized carbons (Fsp3) is 0. The van der Waals surface area contributed by atoms with Crippen molar-refractivity contribution < 1.29 is 0 Å². The van der Waals surface area contributed by atoms with Crippen LogP contribution in [0.5, 0.6) is 0 Å². The second-order valence-corrected chi connectivity index (χ2v) is 0. The standard InChI is InChI=1S/C.Al.Ca.Mg. The van der Waals surface area contributed by atoms with Gasteiger partial charge in [0.25, 0.3) is 0 Å². The van der Waals surface area contributed by atoms with E-state index in [0.717, 1.165) is 0 Å². The van der Waals surface area contributed by atoms with Crippen molar-refractivity contribution in [1.82, 2.24) is 0 Å². The second kappa shape index (κ2) is 17.6. The van der Waals surface area contributed by atoms with Gasteiger partial charge in [-0.25, -0.2) is 0 Å². The third-order valence-corrected chi connectivity index (χ3v) is 0. The van der Waals surface area contributed by atoms with Crippen LogP contribution in [0, 0.1) is 7.43 Å². The van der Waals surface area contributed by atoms with Crippen LogP contribution >= 0.6 is 0 Å². The number of rotatable bonds is 0. The first-order valence-electron chi connectivity index (χ1n) is 0. The van der Waals surface area contributed by atoms with Crippen molar-refractivity contribution in [3.05, 3.63) is 7.43 Å². The molecule has 3 heteroatoms. The first-order chi connectivity index (χ1) is 0. The van der Waals surface area contributed by atoms with Crippen LogP contribution in [-0.4, -0.2) is 78.2 Å². The van der Waals surface area contributed by atoms with E-state index in [1.807, 2.05) is 0 Å². The molecule has 0 aromatic carbocycles. The topological polar surface area (TPSA) is 0 Å². The fourth-order valence-corrected chi connectivity index (χ4v) is 0. The summed E-state index contributed by atoms with van der Waals surface area (Å²) in [6, 6.07) is 0. The summed E-state index contributed by atoms with van der Waals surface area (Å²) in [5, 5.41) is 0. The summed E-state index contributed by atoms with van der Waals surface area (Å²) in [7, 11) is 0. The van der Waals surface area contributed by atoms with Crippen LogP contribution < -0.4 is 0 Å². The predicted molar refractivity (Wildman–Crippen MR) is 20.5 cm³/mol. The van der Waals surface area contributed by atoms with Crippen molar-refractivity contribution in [3.63, 3.8) is 0 Å². The third kappa shape index (κ3) is 8.82. The molecular formula is CAlCaMg. The van der Waals surface area contributed by atoms with Gasteiger partial charge < -0.3 is 0 Å². The molecule has 0 aliphatic rings. The van der Waals surface area contributed by atoms with Gasteiger partial charge in [0.2, 0.25) is 0 Å². The van der Waals surface area contributed by atoms with E-state index in [4.69, 9.17) is 0 Å². The molecule has 0 aliphatic carbocycles. The van der Waals surface area contributed by atoms with Crippen LogP contribution in [0.15, 0.2) is 0 Å². The Balaban J connectivity index is 0. The Labute approximate surface area is 84.0 Å². The third-order valence-electron chi connectivity index (χ3n) is 0. The minimum atomic E-state index is 0. The Morgan fingerprint density at radius 3 is 1.00 bits per heavy atom. The molecule has 0 nitrogen and oxygen atoms in total. The van der Waals surface area contributed by atoms with Crippen molar-refractivity contribution in [2.24, 2.45) is 0 Å². The Morgan fingerprint density at radius 2 is 1.00 bits per heavy atom. The van der Waals surface area contributed by atoms with Crippen molar-refractivity contribution in [2.45, 2.75) is 0 Å². The summed E-state index contributed by atoms with van der Waals surface area (Å²) in [6.45, 7) is 0. The van der Waals surface area contributed by atoms with Gasteiger partial charge in [0.05, 0.1) is 0 Å². The van der Waals surface area contributed by atoms with Gasteiger partial charge in [-0.05, 0) is 0 Å². The smallest absolute Gasteiger partial charge is 0 e. The molecule has 0 fully saturated rings. The molecule has 11 valence electrons. The summed E-state index contributed by atoms with van der Waals surface area (Å²) in [6.07, 6.45) is 0. The van der Waals surface area contributed by atoms with Gasteiger partial charge in [0.15, 0.2) is 0 Å². The van der Waals surface area contributed by atoms with Gasteiger partial charge in [-0.2, -0.15) is 0 Å². The monoisotopic (exact) mass is 103 g/mol. The first kappa shape index (κ1) is 31.0. The number of hydrogen-bond acceptors (Lipinski definition) is 0. The van der Waals surface area contributed by atoms with Gasteiger partial charge in [-0.3, -0.25) is 0 Å². The van der Waals surface area contributed by atoms with Gasteiger partial charge in [-0.1, -0.05) is 0 Å². The molecule has 0 aromatic rings. The summed E-state index contributed by atoms with van der Waals surface area (Å²) in [5.41, 5.74) is 0. The molecule has 0 saturated carbocycles. The molecular weight excluding hydrogens is 103 g/mol. The molecule has 0 rings (SSSR count). The summed E-state index contributed by atoms with van der Waals surface area (Å²) in [5.74, 6) is 0. The maximum absolute atomic E-state index is 0. The maximum atomic E-state index is 0. The van der Waals surface area contributed by atoms with E-state index >= 15 is 0 Å². The predicted octanol–water partition coefficient (Wildman–Crippen LogP) is -1.06. The van der Waals surface area contributed by atoms with Crippen LogP contribution in [-0.2, 0) is 0 Å². The Kier molecular flexibility index (Phi) is 137. The zero-order valence-electron chi connectivity index (χ0n) is 2.49. The SMILES string of the molecule is [Al].[C].[Ca].[Mg]. The molecule has 0 heterocycles. The van der Waals surface area contributed by atoms with Crippen LogP contribution in [0.4, 0.5) is 0 Å². The van der Waals surface area contributed by atoms with E-state index in [9.17, 15) is 0 Å². The van der Waals surface area contributed by atoms with E-state index in [1.165, 1.54) is 0 Å². The normalized spacial score (nSPS) is 0. The molecule has 0 atom stereocenters. The van der Waals surface area contributed by atoms with Crippen LogP contribution in [0.3, 0.4) is 0 Å². The average molecular weight is 103 g/mol. The van der Waals surface area contributed by atoms with Crippen LogP contribution in [0.25, 0.3) is 0 Å². The Morgan fingerprint density at radius 1 is 1.00 bits per heavy atom. The first-order valence-corrected chi connectivity index (χ1v) is 0. The van der Waals surface area contributed by atoms with Gasteiger partial charge in [0, 0.05) is 85.6 Å². The van der Waals surface area contributed by atoms with Gasteiger partial charge in [-0.15, -0.1) is 0 Å². The van der Waals surface area contributed by atoms with Crippen molar-refractivity contribution in [1.29, 1.82) is 0 Å². The quantitative estimate of drug-likeness (QED) is 0.343. The largest absolute Gasteiger partial charge is 0 e. The molecule has 0 bridgehead atoms. The second-order valence-electron chi connectivity index (χ2n) is 0. The van der Waals surface area contributed by atoms with Gasteiger partial charge >= 0.3 is 0 Å². The molecule has 11 radical (unpaired) electrons. The van der Waals surface area contributed by atoms with E-state index in [-0.39, 0.29) is 85.6 Å². The van der Waals surface area contributed by atoms with E-state index in [0.29, 0.717) is 0 Å². The summed E-state index contributed by atoms with van der Waals surface area (Å²) in [4.78, 5) is 0. The minimum Gasteiger partial charge on any atom is 0 e. The van der Waals surface area contributed by atoms with Crippen molar-refractivity contribution in [3.8, 4) is 0 Å². The fourth-order valence-electron chi connectivity index (χ4n) is 0. The zero-order chi connectivity index (χ0) is 0. The van der Waals surface area contributed by atoms with E-state index in [2.05, 4.69) is 0 Å². The summed E-state index contributed by atoms with van der Waals surface area (Å²) >= 11 is 0. The molecule has 0 saturated heterocycles. The van der Waals surface area contributed by atoms with Crippen LogP contribution in [0.2, 0.25) is 0 Å². The van der Waals surface area contributed by atoms with Crippen LogP contribution in [0.1, 0.15) is 0 Å². The van der Waals surface area contributed by atoms with Gasteiger partial charge in [0.1, 0.15) is 0 Å².